The highest BCUT2D eigenvalue weighted by atomic mass is 79.9. The van der Waals surface area contributed by atoms with Crippen molar-refractivity contribution in [1.29, 1.82) is 0 Å². The number of benzene rings is 1. The highest BCUT2D eigenvalue weighted by molar-refractivity contribution is 9.10. The third-order valence-electron chi connectivity index (χ3n) is 3.96. The van der Waals surface area contributed by atoms with Crippen LogP contribution >= 0.6 is 15.9 Å². The van der Waals surface area contributed by atoms with Crippen LogP contribution in [-0.4, -0.2) is 29.2 Å². The van der Waals surface area contributed by atoms with Crippen LogP contribution in [0.15, 0.2) is 22.7 Å². The molecule has 1 aliphatic rings. The summed E-state index contributed by atoms with van der Waals surface area (Å²) < 4.78 is 1.01. The number of nitrogen functional groups attached to an aromatic ring is 1. The molecule has 0 heterocycles. The molecule has 1 fully saturated rings. The average molecular weight is 327 g/mol. The van der Waals surface area contributed by atoms with E-state index >= 15 is 0 Å². The Morgan fingerprint density at radius 2 is 2.00 bits per heavy atom. The fourth-order valence-electron chi connectivity index (χ4n) is 2.89. The topological polar surface area (TPSA) is 49.5 Å². The van der Waals surface area contributed by atoms with Crippen molar-refractivity contribution < 1.29 is 5.11 Å². The lowest BCUT2D eigenvalue weighted by atomic mass is 9.93. The van der Waals surface area contributed by atoms with Gasteiger partial charge in [0.05, 0.1) is 6.61 Å². The molecule has 3 N–H and O–H groups in total. The first-order valence-corrected chi connectivity index (χ1v) is 7.89. The fourth-order valence-corrected chi connectivity index (χ4v) is 3.27. The summed E-state index contributed by atoms with van der Waals surface area (Å²) in [4.78, 5) is 2.39. The third-order valence-corrected chi connectivity index (χ3v) is 4.45. The Hall–Kier alpha value is -0.580. The first-order chi connectivity index (χ1) is 9.20. The van der Waals surface area contributed by atoms with Crippen molar-refractivity contribution >= 4 is 21.6 Å². The maximum Gasteiger partial charge on any atom is 0.0558 e. The van der Waals surface area contributed by atoms with E-state index < -0.39 is 0 Å². The van der Waals surface area contributed by atoms with Crippen LogP contribution in [0, 0.1) is 0 Å². The van der Waals surface area contributed by atoms with E-state index in [1.165, 1.54) is 32.1 Å². The van der Waals surface area contributed by atoms with Crippen molar-refractivity contribution in [2.45, 2.75) is 44.7 Å². The maximum absolute atomic E-state index is 9.28. The summed E-state index contributed by atoms with van der Waals surface area (Å²) in [6.07, 6.45) is 6.46. The maximum atomic E-state index is 9.28. The summed E-state index contributed by atoms with van der Waals surface area (Å²) in [5.41, 5.74) is 8.06. The van der Waals surface area contributed by atoms with Gasteiger partial charge in [-0.1, -0.05) is 41.3 Å². The molecule has 0 aromatic heterocycles. The fraction of sp³-hybridized carbons (Fsp3) is 0.600. The van der Waals surface area contributed by atoms with E-state index in [0.29, 0.717) is 6.04 Å². The lowest BCUT2D eigenvalue weighted by molar-refractivity contribution is 0.117. The van der Waals surface area contributed by atoms with E-state index in [2.05, 4.69) is 26.9 Å². The van der Waals surface area contributed by atoms with Gasteiger partial charge in [-0.05, 0) is 30.5 Å². The van der Waals surface area contributed by atoms with Gasteiger partial charge in [-0.25, -0.2) is 0 Å². The molecule has 0 unspecified atom stereocenters. The minimum absolute atomic E-state index is 0.215. The first-order valence-electron chi connectivity index (χ1n) is 7.09. The molecule has 1 aromatic rings. The van der Waals surface area contributed by atoms with Gasteiger partial charge in [0.2, 0.25) is 0 Å². The summed E-state index contributed by atoms with van der Waals surface area (Å²) >= 11 is 3.44. The van der Waals surface area contributed by atoms with Gasteiger partial charge in [0.1, 0.15) is 0 Å². The molecule has 0 amide bonds. The molecule has 1 aliphatic carbocycles. The minimum atomic E-state index is 0.215. The number of nitrogens with two attached hydrogens (primary N) is 1. The third kappa shape index (κ3) is 4.20. The zero-order chi connectivity index (χ0) is 13.7. The van der Waals surface area contributed by atoms with Crippen LogP contribution in [0.1, 0.15) is 37.7 Å². The quantitative estimate of drug-likeness (QED) is 0.817. The Morgan fingerprint density at radius 1 is 1.26 bits per heavy atom. The van der Waals surface area contributed by atoms with E-state index in [1.807, 2.05) is 12.1 Å². The number of rotatable bonds is 5. The van der Waals surface area contributed by atoms with Crippen LogP contribution in [0.2, 0.25) is 0 Å². The summed E-state index contributed by atoms with van der Waals surface area (Å²) in [5, 5.41) is 9.28. The van der Waals surface area contributed by atoms with Crippen molar-refractivity contribution in [2.24, 2.45) is 0 Å². The van der Waals surface area contributed by atoms with Crippen LogP contribution in [0.5, 0.6) is 0 Å². The van der Waals surface area contributed by atoms with Gasteiger partial charge in [0.15, 0.2) is 0 Å². The van der Waals surface area contributed by atoms with Crippen LogP contribution in [0.4, 0.5) is 5.69 Å². The lowest BCUT2D eigenvalue weighted by Gasteiger charge is -2.34. The minimum Gasteiger partial charge on any atom is -0.398 e. The monoisotopic (exact) mass is 326 g/mol. The Kier molecular flexibility index (Phi) is 5.67. The molecular formula is C15H23BrN2O. The molecule has 0 bridgehead atoms. The Balaban J connectivity index is 2.06. The largest absolute Gasteiger partial charge is 0.398 e. The Bertz CT molecular complexity index is 405. The van der Waals surface area contributed by atoms with Crippen molar-refractivity contribution in [1.82, 2.24) is 4.90 Å². The number of aliphatic hydroxyl groups is 1. The normalized spacial score (nSPS) is 17.0. The molecular weight excluding hydrogens is 304 g/mol. The number of anilines is 1. The van der Waals surface area contributed by atoms with Gasteiger partial charge in [-0.2, -0.15) is 0 Å². The van der Waals surface area contributed by atoms with E-state index in [1.54, 1.807) is 0 Å². The lowest BCUT2D eigenvalue weighted by Crippen LogP contribution is -2.38. The van der Waals surface area contributed by atoms with Crippen LogP contribution in [0.25, 0.3) is 0 Å². The van der Waals surface area contributed by atoms with Gasteiger partial charge in [-0.3, -0.25) is 4.90 Å². The zero-order valence-corrected chi connectivity index (χ0v) is 12.9. The second kappa shape index (κ2) is 7.27. The van der Waals surface area contributed by atoms with Crippen molar-refractivity contribution in [3.05, 3.63) is 28.2 Å². The highest BCUT2D eigenvalue weighted by Gasteiger charge is 2.21. The standard InChI is InChI=1S/C15H23BrN2O/c16-13-7-6-12(15(17)10-13)11-18(8-9-19)14-4-2-1-3-5-14/h6-7,10,14,19H,1-5,8-9,11,17H2. The number of hydrogen-bond acceptors (Lipinski definition) is 3. The second-order valence-corrected chi connectivity index (χ2v) is 6.24. The van der Waals surface area contributed by atoms with E-state index in [-0.39, 0.29) is 6.61 Å². The van der Waals surface area contributed by atoms with E-state index in [4.69, 9.17) is 5.73 Å². The highest BCUT2D eigenvalue weighted by Crippen LogP contribution is 2.26. The molecule has 0 saturated heterocycles. The average Bonchev–Trinajstić information content (AvgIpc) is 2.42. The molecule has 4 heteroatoms. The van der Waals surface area contributed by atoms with E-state index in [9.17, 15) is 5.11 Å². The number of nitrogens with zero attached hydrogens (tertiary/aromatic N) is 1. The molecule has 0 aliphatic heterocycles. The molecule has 1 aromatic carbocycles. The van der Waals surface area contributed by atoms with Crippen LogP contribution in [-0.2, 0) is 6.54 Å². The number of halogens is 1. The summed E-state index contributed by atoms with van der Waals surface area (Å²) in [6, 6.07) is 6.66. The van der Waals surface area contributed by atoms with Crippen molar-refractivity contribution in [3.63, 3.8) is 0 Å². The molecule has 0 atom stereocenters. The molecule has 0 spiro atoms. The van der Waals surface area contributed by atoms with Crippen molar-refractivity contribution in [2.75, 3.05) is 18.9 Å². The Labute approximate surface area is 123 Å². The molecule has 3 nitrogen and oxygen atoms in total. The van der Waals surface area contributed by atoms with Gasteiger partial charge in [0.25, 0.3) is 0 Å². The van der Waals surface area contributed by atoms with Crippen LogP contribution in [0.3, 0.4) is 0 Å². The van der Waals surface area contributed by atoms with Gasteiger partial charge >= 0.3 is 0 Å². The van der Waals surface area contributed by atoms with E-state index in [0.717, 1.165) is 28.8 Å². The Morgan fingerprint density at radius 3 is 2.63 bits per heavy atom. The molecule has 0 radical (unpaired) electrons. The number of hydrogen-bond donors (Lipinski definition) is 2. The zero-order valence-electron chi connectivity index (χ0n) is 11.3. The SMILES string of the molecule is Nc1cc(Br)ccc1CN(CCO)C1CCCCC1. The van der Waals surface area contributed by atoms with Crippen molar-refractivity contribution in [3.8, 4) is 0 Å². The first kappa shape index (κ1) is 14.8. The summed E-state index contributed by atoms with van der Waals surface area (Å²) in [6.45, 7) is 1.79. The van der Waals surface area contributed by atoms with Gasteiger partial charge in [0, 0.05) is 29.3 Å². The predicted molar refractivity (Wildman–Crippen MR) is 82.9 cm³/mol. The predicted octanol–water partition coefficient (Wildman–Crippen LogP) is 3.16. The molecule has 19 heavy (non-hydrogen) atoms. The summed E-state index contributed by atoms with van der Waals surface area (Å²) in [7, 11) is 0. The molecule has 1 saturated carbocycles. The van der Waals surface area contributed by atoms with Crippen LogP contribution < -0.4 is 5.73 Å². The molecule has 106 valence electrons. The summed E-state index contributed by atoms with van der Waals surface area (Å²) in [5.74, 6) is 0. The molecule has 2 rings (SSSR count). The van der Waals surface area contributed by atoms with Gasteiger partial charge < -0.3 is 10.8 Å². The smallest absolute Gasteiger partial charge is 0.0558 e. The second-order valence-electron chi connectivity index (χ2n) is 5.33. The van der Waals surface area contributed by atoms with Gasteiger partial charge in [-0.15, -0.1) is 0 Å². The number of aliphatic hydroxyl groups excluding tert-OH is 1.